The molecule has 1 unspecified atom stereocenters. The summed E-state index contributed by atoms with van der Waals surface area (Å²) in [7, 11) is 1.98. The van der Waals surface area contributed by atoms with Crippen LogP contribution in [0.4, 0.5) is 0 Å². The second-order valence-corrected chi connectivity index (χ2v) is 6.28. The summed E-state index contributed by atoms with van der Waals surface area (Å²) < 4.78 is 5.88. The summed E-state index contributed by atoms with van der Waals surface area (Å²) in [5.74, 6) is 0.480. The van der Waals surface area contributed by atoms with Crippen LogP contribution in [-0.2, 0) is 16.9 Å². The SMILES string of the molecule is CNCc1sc(C2(C)CCCO2)nc1C(C)C. The topological polar surface area (TPSA) is 34.1 Å². The van der Waals surface area contributed by atoms with Crippen LogP contribution in [0.25, 0.3) is 0 Å². The van der Waals surface area contributed by atoms with Gasteiger partial charge in [0.2, 0.25) is 0 Å². The molecule has 0 aromatic carbocycles. The Morgan fingerprint density at radius 3 is 2.82 bits per heavy atom. The Balaban J connectivity index is 2.32. The molecule has 1 aromatic heterocycles. The zero-order chi connectivity index (χ0) is 12.5. The Morgan fingerprint density at radius 2 is 2.29 bits per heavy atom. The van der Waals surface area contributed by atoms with Gasteiger partial charge >= 0.3 is 0 Å². The molecule has 1 saturated heterocycles. The van der Waals surface area contributed by atoms with Crippen LogP contribution in [-0.4, -0.2) is 18.6 Å². The zero-order valence-corrected chi connectivity index (χ0v) is 12.0. The number of aromatic nitrogens is 1. The molecule has 0 amide bonds. The average molecular weight is 254 g/mol. The van der Waals surface area contributed by atoms with Crippen molar-refractivity contribution >= 4 is 11.3 Å². The summed E-state index contributed by atoms with van der Waals surface area (Å²) in [6.07, 6.45) is 2.24. The lowest BCUT2D eigenvalue weighted by Crippen LogP contribution is -2.19. The van der Waals surface area contributed by atoms with Crippen LogP contribution < -0.4 is 5.32 Å². The van der Waals surface area contributed by atoms with Gasteiger partial charge in [-0.25, -0.2) is 4.98 Å². The van der Waals surface area contributed by atoms with Gasteiger partial charge in [0.25, 0.3) is 0 Å². The van der Waals surface area contributed by atoms with E-state index in [9.17, 15) is 0 Å². The predicted molar refractivity (Wildman–Crippen MR) is 71.5 cm³/mol. The lowest BCUT2D eigenvalue weighted by molar-refractivity contribution is 0.0165. The molecule has 0 saturated carbocycles. The van der Waals surface area contributed by atoms with Crippen molar-refractivity contribution in [2.75, 3.05) is 13.7 Å². The fourth-order valence-electron chi connectivity index (χ4n) is 2.28. The first-order valence-corrected chi connectivity index (χ1v) is 7.17. The quantitative estimate of drug-likeness (QED) is 0.897. The third-order valence-electron chi connectivity index (χ3n) is 3.28. The number of thiazole rings is 1. The van der Waals surface area contributed by atoms with E-state index in [2.05, 4.69) is 26.1 Å². The highest BCUT2D eigenvalue weighted by atomic mass is 32.1. The molecule has 0 spiro atoms. The van der Waals surface area contributed by atoms with Crippen LogP contribution in [0, 0.1) is 0 Å². The minimum atomic E-state index is -0.139. The van der Waals surface area contributed by atoms with Gasteiger partial charge in [-0.2, -0.15) is 0 Å². The van der Waals surface area contributed by atoms with Crippen LogP contribution in [0.3, 0.4) is 0 Å². The van der Waals surface area contributed by atoms with Crippen molar-refractivity contribution in [2.45, 2.75) is 51.7 Å². The van der Waals surface area contributed by atoms with Crippen LogP contribution in [0.1, 0.15) is 55.1 Å². The second-order valence-electron chi connectivity index (χ2n) is 5.20. The van der Waals surface area contributed by atoms with E-state index in [1.165, 1.54) is 10.6 Å². The number of nitrogens with zero attached hydrogens (tertiary/aromatic N) is 1. The minimum absolute atomic E-state index is 0.139. The maximum atomic E-state index is 5.88. The van der Waals surface area contributed by atoms with Gasteiger partial charge in [-0.05, 0) is 32.7 Å². The predicted octanol–water partition coefficient (Wildman–Crippen LogP) is 3.01. The molecule has 1 fully saturated rings. The first-order valence-electron chi connectivity index (χ1n) is 6.35. The van der Waals surface area contributed by atoms with Gasteiger partial charge in [0.05, 0.1) is 5.69 Å². The van der Waals surface area contributed by atoms with Crippen molar-refractivity contribution in [2.24, 2.45) is 0 Å². The van der Waals surface area contributed by atoms with E-state index in [0.717, 1.165) is 31.0 Å². The fourth-order valence-corrected chi connectivity index (χ4v) is 3.63. The highest BCUT2D eigenvalue weighted by molar-refractivity contribution is 7.11. The van der Waals surface area contributed by atoms with Gasteiger partial charge in [0, 0.05) is 18.0 Å². The molecule has 1 atom stereocenters. The summed E-state index contributed by atoms with van der Waals surface area (Å²) in [6, 6.07) is 0. The molecular weight excluding hydrogens is 232 g/mol. The van der Waals surface area contributed by atoms with Gasteiger partial charge < -0.3 is 10.1 Å². The van der Waals surface area contributed by atoms with Gasteiger partial charge in [-0.1, -0.05) is 13.8 Å². The molecule has 17 heavy (non-hydrogen) atoms. The molecule has 3 nitrogen and oxygen atoms in total. The molecule has 1 aliphatic heterocycles. The Bertz CT molecular complexity index is 381. The van der Waals surface area contributed by atoms with Gasteiger partial charge in [0.15, 0.2) is 0 Å². The molecule has 0 aliphatic carbocycles. The summed E-state index contributed by atoms with van der Waals surface area (Å²) in [5.41, 5.74) is 1.09. The second kappa shape index (κ2) is 5.04. The zero-order valence-electron chi connectivity index (χ0n) is 11.2. The number of rotatable bonds is 4. The molecule has 2 heterocycles. The maximum Gasteiger partial charge on any atom is 0.125 e. The van der Waals surface area contributed by atoms with E-state index in [1.54, 1.807) is 0 Å². The van der Waals surface area contributed by atoms with E-state index >= 15 is 0 Å². The van der Waals surface area contributed by atoms with Crippen molar-refractivity contribution < 1.29 is 4.74 Å². The maximum absolute atomic E-state index is 5.88. The Labute approximate surface area is 108 Å². The molecular formula is C13H22N2OS. The van der Waals surface area contributed by atoms with Crippen LogP contribution in [0.15, 0.2) is 0 Å². The van der Waals surface area contributed by atoms with E-state index < -0.39 is 0 Å². The monoisotopic (exact) mass is 254 g/mol. The summed E-state index contributed by atoms with van der Waals surface area (Å²) in [6.45, 7) is 8.35. The third-order valence-corrected chi connectivity index (χ3v) is 4.60. The Hall–Kier alpha value is -0.450. The average Bonchev–Trinajstić information content (AvgIpc) is 2.86. The number of hydrogen-bond donors (Lipinski definition) is 1. The molecule has 2 rings (SSSR count). The number of nitrogens with one attached hydrogen (secondary N) is 1. The molecule has 0 bridgehead atoms. The van der Waals surface area contributed by atoms with Crippen LogP contribution in [0.5, 0.6) is 0 Å². The Morgan fingerprint density at radius 1 is 1.53 bits per heavy atom. The van der Waals surface area contributed by atoms with Crippen molar-refractivity contribution in [3.8, 4) is 0 Å². The van der Waals surface area contributed by atoms with E-state index in [4.69, 9.17) is 9.72 Å². The van der Waals surface area contributed by atoms with Gasteiger partial charge in [-0.3, -0.25) is 0 Å². The summed E-state index contributed by atoms with van der Waals surface area (Å²) in [5, 5.41) is 4.38. The third kappa shape index (κ3) is 2.54. The summed E-state index contributed by atoms with van der Waals surface area (Å²) in [4.78, 5) is 6.19. The van der Waals surface area contributed by atoms with Gasteiger partial charge in [0.1, 0.15) is 10.6 Å². The Kier molecular flexibility index (Phi) is 3.85. The van der Waals surface area contributed by atoms with Crippen LogP contribution in [0.2, 0.25) is 0 Å². The first kappa shape index (κ1) is 13.0. The first-order chi connectivity index (χ1) is 8.07. The van der Waals surface area contributed by atoms with E-state index in [-0.39, 0.29) is 5.60 Å². The molecule has 1 aromatic rings. The van der Waals surface area contributed by atoms with Crippen molar-refractivity contribution in [1.82, 2.24) is 10.3 Å². The molecule has 1 aliphatic rings. The van der Waals surface area contributed by atoms with Crippen LogP contribution >= 0.6 is 11.3 Å². The minimum Gasteiger partial charge on any atom is -0.368 e. The molecule has 1 N–H and O–H groups in total. The van der Waals surface area contributed by atoms with Crippen molar-refractivity contribution in [3.63, 3.8) is 0 Å². The molecule has 4 heteroatoms. The smallest absolute Gasteiger partial charge is 0.125 e. The van der Waals surface area contributed by atoms with E-state index in [1.807, 2.05) is 18.4 Å². The summed E-state index contributed by atoms with van der Waals surface area (Å²) >= 11 is 1.81. The fraction of sp³-hybridized carbons (Fsp3) is 0.769. The van der Waals surface area contributed by atoms with Crippen molar-refractivity contribution in [1.29, 1.82) is 0 Å². The molecule has 96 valence electrons. The standard InChI is InChI=1S/C13H22N2OS/c1-9(2)11-10(8-14-4)17-12(15-11)13(3)6-5-7-16-13/h9,14H,5-8H2,1-4H3. The highest BCUT2D eigenvalue weighted by Crippen LogP contribution is 2.39. The van der Waals surface area contributed by atoms with Gasteiger partial charge in [-0.15, -0.1) is 11.3 Å². The number of ether oxygens (including phenoxy) is 1. The number of hydrogen-bond acceptors (Lipinski definition) is 4. The van der Waals surface area contributed by atoms with Crippen molar-refractivity contribution in [3.05, 3.63) is 15.6 Å². The normalized spacial score (nSPS) is 24.8. The lowest BCUT2D eigenvalue weighted by Gasteiger charge is -2.19. The largest absolute Gasteiger partial charge is 0.368 e. The molecule has 0 radical (unpaired) electrons. The highest BCUT2D eigenvalue weighted by Gasteiger charge is 2.35. The lowest BCUT2D eigenvalue weighted by atomic mass is 10.0. The van der Waals surface area contributed by atoms with E-state index in [0.29, 0.717) is 5.92 Å².